The summed E-state index contributed by atoms with van der Waals surface area (Å²) in [5.74, 6) is -0.0888. The zero-order valence-electron chi connectivity index (χ0n) is 7.28. The van der Waals surface area contributed by atoms with Gasteiger partial charge in [0.1, 0.15) is 11.8 Å². The van der Waals surface area contributed by atoms with Crippen LogP contribution in [0, 0.1) is 18.3 Å². The molecule has 1 unspecified atom stereocenters. The van der Waals surface area contributed by atoms with Gasteiger partial charge in [0.25, 0.3) is 0 Å². The summed E-state index contributed by atoms with van der Waals surface area (Å²) in [5, 5.41) is 18.1. The molecule has 0 fully saturated rings. The number of nitriles is 1. The molecule has 1 atom stereocenters. The highest BCUT2D eigenvalue weighted by Crippen LogP contribution is 2.31. The van der Waals surface area contributed by atoms with E-state index in [4.69, 9.17) is 16.7 Å². The minimum Gasteiger partial charge on any atom is -0.505 e. The van der Waals surface area contributed by atoms with E-state index in [1.165, 1.54) is 0 Å². The Bertz CT molecular complexity index is 368. The van der Waals surface area contributed by atoms with E-state index < -0.39 is 6.04 Å². The number of rotatable bonds is 1. The third-order valence-corrected chi connectivity index (χ3v) is 1.92. The number of benzene rings is 1. The number of aryl methyl sites for hydroxylation is 1. The molecule has 4 heteroatoms. The van der Waals surface area contributed by atoms with Crippen LogP contribution in [0.2, 0.25) is 0 Å². The molecule has 0 saturated heterocycles. The molecule has 0 aliphatic rings. The molecule has 0 spiro atoms. The third kappa shape index (κ3) is 1.55. The molecule has 0 aliphatic heterocycles. The van der Waals surface area contributed by atoms with Gasteiger partial charge in [-0.05, 0) is 18.6 Å². The molecular formula is C9H11N3O. The van der Waals surface area contributed by atoms with Crippen LogP contribution in [0.3, 0.4) is 0 Å². The number of phenols is 1. The normalized spacial score (nSPS) is 12.1. The van der Waals surface area contributed by atoms with Crippen molar-refractivity contribution in [3.8, 4) is 11.8 Å². The zero-order valence-corrected chi connectivity index (χ0v) is 7.28. The molecule has 68 valence electrons. The minimum atomic E-state index is -0.830. The Balaban J connectivity index is 3.35. The smallest absolute Gasteiger partial charge is 0.144 e. The van der Waals surface area contributed by atoms with Crippen LogP contribution in [-0.2, 0) is 0 Å². The van der Waals surface area contributed by atoms with E-state index in [1.54, 1.807) is 19.1 Å². The maximum Gasteiger partial charge on any atom is 0.144 e. The first-order valence-electron chi connectivity index (χ1n) is 3.81. The van der Waals surface area contributed by atoms with E-state index in [0.717, 1.165) is 5.56 Å². The van der Waals surface area contributed by atoms with Crippen molar-refractivity contribution in [1.82, 2.24) is 0 Å². The highest BCUT2D eigenvalue weighted by molar-refractivity contribution is 5.60. The van der Waals surface area contributed by atoms with E-state index in [0.29, 0.717) is 5.56 Å². The lowest BCUT2D eigenvalue weighted by molar-refractivity contribution is 0.468. The summed E-state index contributed by atoms with van der Waals surface area (Å²) in [7, 11) is 0. The summed E-state index contributed by atoms with van der Waals surface area (Å²) in [6, 6.07) is 4.33. The minimum absolute atomic E-state index is 0.0888. The van der Waals surface area contributed by atoms with E-state index in [-0.39, 0.29) is 11.4 Å². The van der Waals surface area contributed by atoms with Gasteiger partial charge in [0.05, 0.1) is 11.8 Å². The largest absolute Gasteiger partial charge is 0.505 e. The Morgan fingerprint density at radius 1 is 1.54 bits per heavy atom. The maximum absolute atomic E-state index is 9.52. The first-order valence-corrected chi connectivity index (χ1v) is 3.81. The molecule has 0 aliphatic carbocycles. The van der Waals surface area contributed by atoms with E-state index in [2.05, 4.69) is 0 Å². The number of aromatic hydroxyl groups is 1. The topological polar surface area (TPSA) is 96.1 Å². The molecule has 0 saturated carbocycles. The molecule has 1 aromatic carbocycles. The summed E-state index contributed by atoms with van der Waals surface area (Å²) < 4.78 is 0. The van der Waals surface area contributed by atoms with Crippen molar-refractivity contribution >= 4 is 5.69 Å². The Morgan fingerprint density at radius 3 is 2.69 bits per heavy atom. The van der Waals surface area contributed by atoms with Crippen LogP contribution in [0.15, 0.2) is 12.1 Å². The van der Waals surface area contributed by atoms with Crippen LogP contribution in [0.5, 0.6) is 5.75 Å². The number of nitrogens with zero attached hydrogens (tertiary/aromatic N) is 1. The van der Waals surface area contributed by atoms with Gasteiger partial charge < -0.3 is 16.6 Å². The van der Waals surface area contributed by atoms with Gasteiger partial charge in [-0.1, -0.05) is 6.07 Å². The van der Waals surface area contributed by atoms with Crippen LogP contribution in [-0.4, -0.2) is 5.11 Å². The molecule has 0 aromatic heterocycles. The van der Waals surface area contributed by atoms with E-state index >= 15 is 0 Å². The lowest BCUT2D eigenvalue weighted by Crippen LogP contribution is -2.10. The Kier molecular flexibility index (Phi) is 2.40. The number of phenolic OH excluding ortho intramolecular Hbond substituents is 1. The van der Waals surface area contributed by atoms with Crippen molar-refractivity contribution in [2.75, 3.05) is 5.73 Å². The van der Waals surface area contributed by atoms with Gasteiger partial charge in [0.15, 0.2) is 0 Å². The van der Waals surface area contributed by atoms with Crippen molar-refractivity contribution in [1.29, 1.82) is 5.26 Å². The fourth-order valence-corrected chi connectivity index (χ4v) is 1.18. The second-order valence-corrected chi connectivity index (χ2v) is 2.84. The highest BCUT2D eigenvalue weighted by Gasteiger charge is 2.14. The number of hydrogen-bond donors (Lipinski definition) is 3. The summed E-state index contributed by atoms with van der Waals surface area (Å²) >= 11 is 0. The van der Waals surface area contributed by atoms with Gasteiger partial charge >= 0.3 is 0 Å². The molecular weight excluding hydrogens is 166 g/mol. The van der Waals surface area contributed by atoms with Gasteiger partial charge in [-0.3, -0.25) is 0 Å². The molecule has 5 N–H and O–H groups in total. The third-order valence-electron chi connectivity index (χ3n) is 1.92. The molecule has 1 aromatic rings. The molecule has 4 nitrogen and oxygen atoms in total. The number of nitrogens with two attached hydrogens (primary N) is 2. The summed E-state index contributed by atoms with van der Waals surface area (Å²) in [6.45, 7) is 1.77. The second-order valence-electron chi connectivity index (χ2n) is 2.84. The van der Waals surface area contributed by atoms with Gasteiger partial charge in [0, 0.05) is 5.56 Å². The number of nitrogen functional groups attached to an aromatic ring is 1. The van der Waals surface area contributed by atoms with Gasteiger partial charge in [0.2, 0.25) is 0 Å². The van der Waals surface area contributed by atoms with Crippen molar-refractivity contribution in [3.05, 3.63) is 23.3 Å². The van der Waals surface area contributed by atoms with Crippen LogP contribution in [0.4, 0.5) is 5.69 Å². The molecule has 0 heterocycles. The standard InChI is InChI=1S/C9H11N3O/c1-5-2-3-6(11)9(13)8(5)7(12)4-10/h2-3,7,13H,11-12H2,1H3. The lowest BCUT2D eigenvalue weighted by atomic mass is 10.0. The summed E-state index contributed by atoms with van der Waals surface area (Å²) in [6.07, 6.45) is 0. The molecule has 1 rings (SSSR count). The molecule has 0 radical (unpaired) electrons. The van der Waals surface area contributed by atoms with Gasteiger partial charge in [-0.2, -0.15) is 5.26 Å². The van der Waals surface area contributed by atoms with E-state index in [9.17, 15) is 5.11 Å². The Hall–Kier alpha value is -1.73. The summed E-state index contributed by atoms with van der Waals surface area (Å²) in [5.41, 5.74) is 12.4. The zero-order chi connectivity index (χ0) is 10.0. The van der Waals surface area contributed by atoms with Gasteiger partial charge in [-0.25, -0.2) is 0 Å². The fraction of sp³-hybridized carbons (Fsp3) is 0.222. The monoisotopic (exact) mass is 177 g/mol. The predicted molar refractivity (Wildman–Crippen MR) is 49.8 cm³/mol. The molecule has 0 amide bonds. The maximum atomic E-state index is 9.52. The summed E-state index contributed by atoms with van der Waals surface area (Å²) in [4.78, 5) is 0. The van der Waals surface area contributed by atoms with Crippen molar-refractivity contribution in [2.45, 2.75) is 13.0 Å². The lowest BCUT2D eigenvalue weighted by Gasteiger charge is -2.11. The number of hydrogen-bond acceptors (Lipinski definition) is 4. The van der Waals surface area contributed by atoms with E-state index in [1.807, 2.05) is 6.07 Å². The van der Waals surface area contributed by atoms with Crippen molar-refractivity contribution in [2.24, 2.45) is 5.73 Å². The fourth-order valence-electron chi connectivity index (χ4n) is 1.18. The van der Waals surface area contributed by atoms with Gasteiger partial charge in [-0.15, -0.1) is 0 Å². The first kappa shape index (κ1) is 9.36. The van der Waals surface area contributed by atoms with Crippen LogP contribution >= 0.6 is 0 Å². The average molecular weight is 177 g/mol. The average Bonchev–Trinajstić information content (AvgIpc) is 2.12. The second kappa shape index (κ2) is 3.33. The van der Waals surface area contributed by atoms with Crippen LogP contribution < -0.4 is 11.5 Å². The predicted octanol–water partition coefficient (Wildman–Crippen LogP) is 0.806. The SMILES string of the molecule is Cc1ccc(N)c(O)c1C(N)C#N. The quantitative estimate of drug-likeness (QED) is 0.436. The number of anilines is 1. The van der Waals surface area contributed by atoms with Crippen molar-refractivity contribution < 1.29 is 5.11 Å². The molecule has 0 bridgehead atoms. The molecule has 13 heavy (non-hydrogen) atoms. The Labute approximate surface area is 76.4 Å². The van der Waals surface area contributed by atoms with Crippen LogP contribution in [0.25, 0.3) is 0 Å². The highest BCUT2D eigenvalue weighted by atomic mass is 16.3. The first-order chi connectivity index (χ1) is 6.07. The Morgan fingerprint density at radius 2 is 2.15 bits per heavy atom. The van der Waals surface area contributed by atoms with Crippen LogP contribution in [0.1, 0.15) is 17.2 Å². The van der Waals surface area contributed by atoms with Crippen molar-refractivity contribution in [3.63, 3.8) is 0 Å².